The molecule has 1 rings (SSSR count). The van der Waals surface area contributed by atoms with Crippen LogP contribution >= 0.6 is 0 Å². The van der Waals surface area contributed by atoms with Crippen molar-refractivity contribution in [1.82, 2.24) is 10.6 Å². The number of imide groups is 1. The van der Waals surface area contributed by atoms with Crippen molar-refractivity contribution < 1.29 is 24.2 Å². The first kappa shape index (κ1) is 14.4. The quantitative estimate of drug-likeness (QED) is 0.655. The fourth-order valence-corrected chi connectivity index (χ4v) is 1.92. The fraction of sp³-hybridized carbons (Fsp3) is 0.727. The topological polar surface area (TPSA) is 105 Å². The number of hydrogen-bond donors (Lipinski definition) is 3. The van der Waals surface area contributed by atoms with Gasteiger partial charge in [-0.1, -0.05) is 0 Å². The summed E-state index contributed by atoms with van der Waals surface area (Å²) >= 11 is 0. The smallest absolute Gasteiger partial charge is 0.321 e. The molecule has 2 unspecified atom stereocenters. The van der Waals surface area contributed by atoms with E-state index in [9.17, 15) is 14.4 Å². The van der Waals surface area contributed by atoms with Gasteiger partial charge in [0.05, 0.1) is 12.5 Å². The second kappa shape index (κ2) is 6.95. The molecule has 0 bridgehead atoms. The lowest BCUT2D eigenvalue weighted by molar-refractivity contribution is -0.138. The molecule has 3 N–H and O–H groups in total. The minimum Gasteiger partial charge on any atom is -0.481 e. The van der Waals surface area contributed by atoms with Crippen molar-refractivity contribution >= 4 is 17.9 Å². The molecule has 0 radical (unpaired) electrons. The van der Waals surface area contributed by atoms with E-state index in [0.717, 1.165) is 19.3 Å². The van der Waals surface area contributed by atoms with Gasteiger partial charge in [-0.3, -0.25) is 14.9 Å². The summed E-state index contributed by atoms with van der Waals surface area (Å²) in [7, 11) is 1.63. The van der Waals surface area contributed by atoms with E-state index in [2.05, 4.69) is 10.6 Å². The van der Waals surface area contributed by atoms with Gasteiger partial charge in [-0.05, 0) is 19.3 Å². The summed E-state index contributed by atoms with van der Waals surface area (Å²) in [6.45, 7) is 0. The van der Waals surface area contributed by atoms with Crippen molar-refractivity contribution in [2.24, 2.45) is 0 Å². The van der Waals surface area contributed by atoms with E-state index in [1.807, 2.05) is 0 Å². The predicted molar refractivity (Wildman–Crippen MR) is 62.0 cm³/mol. The van der Waals surface area contributed by atoms with E-state index >= 15 is 0 Å². The maximum Gasteiger partial charge on any atom is 0.321 e. The molecule has 1 aliphatic rings. The molecule has 102 valence electrons. The van der Waals surface area contributed by atoms with Crippen LogP contribution in [0.3, 0.4) is 0 Å². The molecule has 0 aromatic carbocycles. The Kier molecular flexibility index (Phi) is 5.57. The molecule has 7 nitrogen and oxygen atoms in total. The Morgan fingerprint density at radius 2 is 2.00 bits per heavy atom. The molecule has 7 heteroatoms. The second-order valence-electron chi connectivity index (χ2n) is 4.28. The van der Waals surface area contributed by atoms with E-state index in [-0.39, 0.29) is 25.0 Å². The third-order valence-electron chi connectivity index (χ3n) is 2.87. The number of nitrogens with one attached hydrogen (secondary N) is 2. The summed E-state index contributed by atoms with van der Waals surface area (Å²) in [5.41, 5.74) is 0. The van der Waals surface area contributed by atoms with Crippen LogP contribution < -0.4 is 10.6 Å². The summed E-state index contributed by atoms with van der Waals surface area (Å²) < 4.78 is 5.17. The molecule has 18 heavy (non-hydrogen) atoms. The highest BCUT2D eigenvalue weighted by molar-refractivity contribution is 5.95. The molecular weight excluding hydrogens is 240 g/mol. The van der Waals surface area contributed by atoms with Crippen molar-refractivity contribution in [3.8, 4) is 0 Å². The number of carbonyl (C=O) groups is 3. The lowest BCUT2D eigenvalue weighted by atomic mass is 10.2. The van der Waals surface area contributed by atoms with Crippen LogP contribution in [0.4, 0.5) is 4.79 Å². The molecule has 0 heterocycles. The summed E-state index contributed by atoms with van der Waals surface area (Å²) in [6, 6.07) is -0.575. The molecule has 0 aromatic rings. The van der Waals surface area contributed by atoms with Crippen LogP contribution in [0, 0.1) is 0 Å². The van der Waals surface area contributed by atoms with Gasteiger partial charge in [-0.15, -0.1) is 0 Å². The van der Waals surface area contributed by atoms with E-state index in [1.54, 1.807) is 7.11 Å². The first-order valence-corrected chi connectivity index (χ1v) is 5.86. The zero-order chi connectivity index (χ0) is 13.5. The summed E-state index contributed by atoms with van der Waals surface area (Å²) in [6.07, 6.45) is 2.09. The number of carboxylic acid groups (broad SMARTS) is 1. The fourth-order valence-electron chi connectivity index (χ4n) is 1.92. The molecular formula is C11H18N2O5. The number of urea groups is 1. The Morgan fingerprint density at radius 3 is 2.56 bits per heavy atom. The lowest BCUT2D eigenvalue weighted by Crippen LogP contribution is -2.43. The molecule has 3 amide bonds. The molecule has 0 spiro atoms. The van der Waals surface area contributed by atoms with Crippen LogP contribution in [0.25, 0.3) is 0 Å². The largest absolute Gasteiger partial charge is 0.481 e. The number of carbonyl (C=O) groups excluding carboxylic acids is 2. The van der Waals surface area contributed by atoms with Crippen LogP contribution in [0.5, 0.6) is 0 Å². The third-order valence-corrected chi connectivity index (χ3v) is 2.87. The Hall–Kier alpha value is -1.63. The summed E-state index contributed by atoms with van der Waals surface area (Å²) in [4.78, 5) is 32.9. The highest BCUT2D eigenvalue weighted by atomic mass is 16.5. The van der Waals surface area contributed by atoms with Crippen LogP contribution in [0.15, 0.2) is 0 Å². The summed E-state index contributed by atoms with van der Waals surface area (Å²) in [5, 5.41) is 13.2. The van der Waals surface area contributed by atoms with Gasteiger partial charge in [-0.2, -0.15) is 0 Å². The van der Waals surface area contributed by atoms with Gasteiger partial charge in [0.25, 0.3) is 0 Å². The van der Waals surface area contributed by atoms with E-state index in [0.29, 0.717) is 0 Å². The van der Waals surface area contributed by atoms with Crippen LogP contribution in [-0.4, -0.2) is 42.3 Å². The number of methoxy groups -OCH3 is 1. The van der Waals surface area contributed by atoms with Crippen molar-refractivity contribution in [2.45, 2.75) is 44.2 Å². The normalized spacial score (nSPS) is 22.5. The number of aliphatic carboxylic acids is 1. The lowest BCUT2D eigenvalue weighted by Gasteiger charge is -2.13. The highest BCUT2D eigenvalue weighted by Crippen LogP contribution is 2.21. The highest BCUT2D eigenvalue weighted by Gasteiger charge is 2.25. The van der Waals surface area contributed by atoms with E-state index < -0.39 is 17.9 Å². The van der Waals surface area contributed by atoms with Gasteiger partial charge in [0.2, 0.25) is 5.91 Å². The standard InChI is InChI=1S/C11H18N2O5/c1-18-8-3-2-7(6-8)12-11(17)13-9(14)4-5-10(15)16/h7-8H,2-6H2,1H3,(H,15,16)(H2,12,13,14,17). The molecule has 0 saturated heterocycles. The third kappa shape index (κ3) is 5.13. The molecule has 0 aromatic heterocycles. The van der Waals surface area contributed by atoms with Crippen molar-refractivity contribution in [3.05, 3.63) is 0 Å². The Bertz CT molecular complexity index is 331. The van der Waals surface area contributed by atoms with Crippen molar-refractivity contribution in [2.75, 3.05) is 7.11 Å². The van der Waals surface area contributed by atoms with Gasteiger partial charge in [0.1, 0.15) is 0 Å². The Morgan fingerprint density at radius 1 is 1.28 bits per heavy atom. The first-order chi connectivity index (χ1) is 8.51. The Labute approximate surface area is 105 Å². The van der Waals surface area contributed by atoms with E-state index in [1.165, 1.54) is 0 Å². The molecule has 1 saturated carbocycles. The van der Waals surface area contributed by atoms with Gasteiger partial charge in [0.15, 0.2) is 0 Å². The van der Waals surface area contributed by atoms with Gasteiger partial charge < -0.3 is 15.2 Å². The number of hydrogen-bond acceptors (Lipinski definition) is 4. The maximum atomic E-state index is 11.4. The summed E-state index contributed by atoms with van der Waals surface area (Å²) in [5.74, 6) is -1.65. The van der Waals surface area contributed by atoms with Crippen LogP contribution in [0.1, 0.15) is 32.1 Å². The zero-order valence-electron chi connectivity index (χ0n) is 10.3. The van der Waals surface area contributed by atoms with Crippen molar-refractivity contribution in [1.29, 1.82) is 0 Å². The first-order valence-electron chi connectivity index (χ1n) is 5.86. The van der Waals surface area contributed by atoms with Crippen molar-refractivity contribution in [3.63, 3.8) is 0 Å². The second-order valence-corrected chi connectivity index (χ2v) is 4.28. The minimum atomic E-state index is -1.07. The van der Waals surface area contributed by atoms with Crippen LogP contribution in [0.2, 0.25) is 0 Å². The average molecular weight is 258 g/mol. The number of rotatable bonds is 5. The number of amides is 3. The van der Waals surface area contributed by atoms with Gasteiger partial charge in [0, 0.05) is 19.6 Å². The van der Waals surface area contributed by atoms with Gasteiger partial charge >= 0.3 is 12.0 Å². The predicted octanol–water partition coefficient (Wildman–Crippen LogP) is 0.245. The minimum absolute atomic E-state index is 0.00206. The number of ether oxygens (including phenoxy) is 1. The zero-order valence-corrected chi connectivity index (χ0v) is 10.3. The van der Waals surface area contributed by atoms with Crippen LogP contribution in [-0.2, 0) is 14.3 Å². The Balaban J connectivity index is 2.21. The van der Waals surface area contributed by atoms with Gasteiger partial charge in [-0.25, -0.2) is 4.79 Å². The van der Waals surface area contributed by atoms with E-state index in [4.69, 9.17) is 9.84 Å². The molecule has 2 atom stereocenters. The SMILES string of the molecule is COC1CCC(NC(=O)NC(=O)CCC(=O)O)C1. The maximum absolute atomic E-state index is 11.4. The molecule has 1 aliphatic carbocycles. The molecule has 0 aliphatic heterocycles. The monoisotopic (exact) mass is 258 g/mol. The number of carboxylic acids is 1. The average Bonchev–Trinajstić information content (AvgIpc) is 2.73. The molecule has 1 fully saturated rings.